The maximum atomic E-state index is 11.5. The second-order valence-corrected chi connectivity index (χ2v) is 8.94. The van der Waals surface area contributed by atoms with E-state index in [-0.39, 0.29) is 0 Å². The molecule has 21 heavy (non-hydrogen) atoms. The quantitative estimate of drug-likeness (QED) is 0.886. The van der Waals surface area contributed by atoms with Crippen LogP contribution in [0.5, 0.6) is 0 Å². The van der Waals surface area contributed by atoms with E-state index in [9.17, 15) is 8.42 Å². The van der Waals surface area contributed by atoms with Gasteiger partial charge in [0.25, 0.3) is 0 Å². The third kappa shape index (κ3) is 3.50. The molecule has 1 N–H and O–H groups in total. The number of sulfonamides is 1. The van der Waals surface area contributed by atoms with Crippen molar-refractivity contribution < 1.29 is 8.42 Å². The molecule has 0 aromatic heterocycles. The number of hydrogen-bond acceptors (Lipinski definition) is 3. The normalized spacial score (nSPS) is 24.2. The van der Waals surface area contributed by atoms with Crippen LogP contribution in [0.25, 0.3) is 0 Å². The second-order valence-electron chi connectivity index (χ2n) is 6.04. The number of piperidine rings is 1. The Hall–Kier alpha value is -0.430. The minimum atomic E-state index is -3.03. The van der Waals surface area contributed by atoms with Crippen molar-refractivity contribution in [2.75, 3.05) is 19.3 Å². The van der Waals surface area contributed by atoms with E-state index in [1.807, 2.05) is 0 Å². The summed E-state index contributed by atoms with van der Waals surface area (Å²) in [6, 6.07) is 7.36. The highest BCUT2D eigenvalue weighted by Crippen LogP contribution is 2.34. The van der Waals surface area contributed by atoms with E-state index in [1.165, 1.54) is 17.4 Å². The number of rotatable bonds is 3. The molecule has 1 fully saturated rings. The van der Waals surface area contributed by atoms with Gasteiger partial charge in [0.15, 0.2) is 0 Å². The van der Waals surface area contributed by atoms with E-state index in [1.54, 1.807) is 4.31 Å². The minimum Gasteiger partial charge on any atom is -0.307 e. The van der Waals surface area contributed by atoms with Gasteiger partial charge in [-0.05, 0) is 48.9 Å². The lowest BCUT2D eigenvalue weighted by Crippen LogP contribution is -2.45. The van der Waals surface area contributed by atoms with Crippen LogP contribution in [0.4, 0.5) is 0 Å². The molecule has 116 valence electrons. The Morgan fingerprint density at radius 1 is 1.24 bits per heavy atom. The summed E-state index contributed by atoms with van der Waals surface area (Å²) in [6.45, 7) is 1.27. The highest BCUT2D eigenvalue weighted by atomic mass is 79.9. The lowest BCUT2D eigenvalue weighted by Gasteiger charge is -2.32. The molecule has 1 saturated heterocycles. The first kappa shape index (κ1) is 15.5. The van der Waals surface area contributed by atoms with Crippen LogP contribution >= 0.6 is 15.9 Å². The Balaban J connectivity index is 1.60. The molecule has 1 aliphatic carbocycles. The molecule has 4 nitrogen and oxygen atoms in total. The number of halogens is 1. The third-order valence-electron chi connectivity index (χ3n) is 4.54. The first-order valence-electron chi connectivity index (χ1n) is 7.43. The lowest BCUT2D eigenvalue weighted by molar-refractivity contribution is 0.274. The molecular weight excluding hydrogens is 352 g/mol. The number of nitrogens with zero attached hydrogens (tertiary/aromatic N) is 1. The highest BCUT2D eigenvalue weighted by molar-refractivity contribution is 9.10. The molecule has 6 heteroatoms. The molecule has 0 amide bonds. The van der Waals surface area contributed by atoms with Gasteiger partial charge >= 0.3 is 0 Å². The Labute approximate surface area is 135 Å². The van der Waals surface area contributed by atoms with Crippen molar-refractivity contribution in [1.29, 1.82) is 0 Å². The average molecular weight is 373 g/mol. The Morgan fingerprint density at radius 3 is 2.62 bits per heavy atom. The van der Waals surface area contributed by atoms with Crippen LogP contribution in [0.15, 0.2) is 22.7 Å². The van der Waals surface area contributed by atoms with Gasteiger partial charge in [0.2, 0.25) is 10.0 Å². The zero-order valence-electron chi connectivity index (χ0n) is 12.2. The SMILES string of the molecule is CS(=O)(=O)N1CCC(NC2CCc3cc(Br)ccc32)CC1. The fraction of sp³-hybridized carbons (Fsp3) is 0.600. The summed E-state index contributed by atoms with van der Waals surface area (Å²) < 4.78 is 25.8. The highest BCUT2D eigenvalue weighted by Gasteiger charge is 2.29. The smallest absolute Gasteiger partial charge is 0.211 e. The number of aryl methyl sites for hydroxylation is 1. The first-order chi connectivity index (χ1) is 9.93. The minimum absolute atomic E-state index is 0.419. The van der Waals surface area contributed by atoms with E-state index < -0.39 is 10.0 Å². The van der Waals surface area contributed by atoms with Crippen LogP contribution in [0.2, 0.25) is 0 Å². The van der Waals surface area contributed by atoms with Gasteiger partial charge in [-0.3, -0.25) is 0 Å². The molecular formula is C15H21BrN2O2S. The summed E-state index contributed by atoms with van der Waals surface area (Å²) in [5, 5.41) is 3.73. The van der Waals surface area contributed by atoms with Gasteiger partial charge in [-0.15, -0.1) is 0 Å². The van der Waals surface area contributed by atoms with Crippen molar-refractivity contribution in [3.63, 3.8) is 0 Å². The molecule has 1 aromatic carbocycles. The molecule has 1 aliphatic heterocycles. The summed E-state index contributed by atoms with van der Waals surface area (Å²) in [4.78, 5) is 0. The van der Waals surface area contributed by atoms with Gasteiger partial charge in [0, 0.05) is 29.6 Å². The van der Waals surface area contributed by atoms with Crippen molar-refractivity contribution in [3.05, 3.63) is 33.8 Å². The van der Waals surface area contributed by atoms with Crippen LogP contribution in [0.3, 0.4) is 0 Å². The Kier molecular flexibility index (Phi) is 4.41. The largest absolute Gasteiger partial charge is 0.307 e. The maximum Gasteiger partial charge on any atom is 0.211 e. The van der Waals surface area contributed by atoms with Crippen molar-refractivity contribution >= 4 is 26.0 Å². The van der Waals surface area contributed by atoms with Gasteiger partial charge < -0.3 is 5.32 Å². The van der Waals surface area contributed by atoms with E-state index in [0.29, 0.717) is 25.2 Å². The molecule has 1 aromatic rings. The Morgan fingerprint density at radius 2 is 1.95 bits per heavy atom. The zero-order valence-corrected chi connectivity index (χ0v) is 14.6. The monoisotopic (exact) mass is 372 g/mol. The van der Waals surface area contributed by atoms with Gasteiger partial charge in [0.1, 0.15) is 0 Å². The lowest BCUT2D eigenvalue weighted by atomic mass is 10.0. The van der Waals surface area contributed by atoms with Crippen molar-refractivity contribution in [2.45, 2.75) is 37.8 Å². The van der Waals surface area contributed by atoms with Crippen LogP contribution < -0.4 is 5.32 Å². The molecule has 0 radical (unpaired) electrons. The third-order valence-corrected chi connectivity index (χ3v) is 6.34. The number of nitrogens with one attached hydrogen (secondary N) is 1. The van der Waals surface area contributed by atoms with Crippen LogP contribution in [0, 0.1) is 0 Å². The number of hydrogen-bond donors (Lipinski definition) is 1. The van der Waals surface area contributed by atoms with Crippen LogP contribution in [-0.4, -0.2) is 38.1 Å². The van der Waals surface area contributed by atoms with Gasteiger partial charge in [-0.2, -0.15) is 0 Å². The summed E-state index contributed by atoms with van der Waals surface area (Å²) >= 11 is 3.53. The zero-order chi connectivity index (χ0) is 15.0. The fourth-order valence-corrected chi connectivity index (χ4v) is 4.68. The van der Waals surface area contributed by atoms with Gasteiger partial charge in [0.05, 0.1) is 6.26 Å². The van der Waals surface area contributed by atoms with Crippen LogP contribution in [-0.2, 0) is 16.4 Å². The summed E-state index contributed by atoms with van der Waals surface area (Å²) in [5.74, 6) is 0. The van der Waals surface area contributed by atoms with Crippen LogP contribution in [0.1, 0.15) is 36.4 Å². The predicted octanol–water partition coefficient (Wildman–Crippen LogP) is 2.45. The molecule has 1 atom stereocenters. The van der Waals surface area contributed by atoms with Crippen molar-refractivity contribution in [2.24, 2.45) is 0 Å². The molecule has 3 rings (SSSR count). The van der Waals surface area contributed by atoms with Crippen molar-refractivity contribution in [1.82, 2.24) is 9.62 Å². The maximum absolute atomic E-state index is 11.5. The first-order valence-corrected chi connectivity index (χ1v) is 10.1. The molecule has 0 bridgehead atoms. The second kappa shape index (κ2) is 5.99. The Bertz CT molecular complexity index is 625. The van der Waals surface area contributed by atoms with Gasteiger partial charge in [-0.25, -0.2) is 12.7 Å². The topological polar surface area (TPSA) is 49.4 Å². The van der Waals surface area contributed by atoms with Crippen molar-refractivity contribution in [3.8, 4) is 0 Å². The van der Waals surface area contributed by atoms with E-state index in [2.05, 4.69) is 39.4 Å². The molecule has 0 spiro atoms. The van der Waals surface area contributed by atoms with E-state index >= 15 is 0 Å². The molecule has 0 saturated carbocycles. The molecule has 1 heterocycles. The van der Waals surface area contributed by atoms with Gasteiger partial charge in [-0.1, -0.05) is 22.0 Å². The fourth-order valence-electron chi connectivity index (χ4n) is 3.40. The standard InChI is InChI=1S/C15H21BrN2O2S/c1-21(19,20)18-8-6-13(7-9-18)17-15-5-2-11-10-12(16)3-4-14(11)15/h3-4,10,13,15,17H,2,5-9H2,1H3. The average Bonchev–Trinajstić information content (AvgIpc) is 2.80. The van der Waals surface area contributed by atoms with E-state index in [4.69, 9.17) is 0 Å². The number of fused-ring (bicyclic) bond motifs is 1. The van der Waals surface area contributed by atoms with E-state index in [0.717, 1.165) is 30.2 Å². The predicted molar refractivity (Wildman–Crippen MR) is 87.8 cm³/mol. The molecule has 1 unspecified atom stereocenters. The summed E-state index contributed by atoms with van der Waals surface area (Å²) in [5.41, 5.74) is 2.83. The number of benzene rings is 1. The molecule has 2 aliphatic rings. The summed E-state index contributed by atoms with van der Waals surface area (Å²) in [6.07, 6.45) is 5.35. The summed E-state index contributed by atoms with van der Waals surface area (Å²) in [7, 11) is -3.03.